The minimum Gasteiger partial charge on any atom is -0.391 e. The number of hydrogen-bond acceptors (Lipinski definition) is 4. The Hall–Kier alpha value is -1.94. The first-order chi connectivity index (χ1) is 10.3. The van der Waals surface area contributed by atoms with Gasteiger partial charge in [-0.3, -0.25) is 0 Å². The number of rotatable bonds is 4. The molecule has 21 heavy (non-hydrogen) atoms. The lowest BCUT2D eigenvalue weighted by molar-refractivity contribution is 0.163. The van der Waals surface area contributed by atoms with Gasteiger partial charge in [0.25, 0.3) is 0 Å². The molecule has 0 saturated carbocycles. The number of anilines is 1. The summed E-state index contributed by atoms with van der Waals surface area (Å²) in [5, 5.41) is 10.3. The lowest BCUT2D eigenvalue weighted by atomic mass is 10.0. The third-order valence-corrected chi connectivity index (χ3v) is 4.15. The van der Waals surface area contributed by atoms with Crippen LogP contribution in [-0.4, -0.2) is 33.8 Å². The van der Waals surface area contributed by atoms with Gasteiger partial charge in [-0.1, -0.05) is 37.3 Å². The summed E-state index contributed by atoms with van der Waals surface area (Å²) in [6, 6.07) is 10.3. The van der Waals surface area contributed by atoms with Crippen molar-refractivity contribution in [3.63, 3.8) is 0 Å². The van der Waals surface area contributed by atoms with Gasteiger partial charge >= 0.3 is 0 Å². The third kappa shape index (κ3) is 3.05. The molecule has 0 radical (unpaired) electrons. The molecule has 2 atom stereocenters. The minimum atomic E-state index is -0.320. The molecule has 110 valence electrons. The van der Waals surface area contributed by atoms with Crippen molar-refractivity contribution in [3.05, 3.63) is 53.9 Å². The molecule has 0 unspecified atom stereocenters. The molecular weight excluding hydrogens is 262 g/mol. The van der Waals surface area contributed by atoms with Gasteiger partial charge in [0.1, 0.15) is 0 Å². The van der Waals surface area contributed by atoms with Crippen LogP contribution in [0, 0.1) is 0 Å². The van der Waals surface area contributed by atoms with E-state index < -0.39 is 0 Å². The fourth-order valence-corrected chi connectivity index (χ4v) is 2.87. The quantitative estimate of drug-likeness (QED) is 0.934. The zero-order valence-corrected chi connectivity index (χ0v) is 12.3. The second-order valence-electron chi connectivity index (χ2n) is 5.55. The molecule has 0 amide bonds. The molecule has 1 N–H and O–H groups in total. The molecule has 1 aliphatic rings. The SMILES string of the molecule is CCc1cnc(N2CC[C@@H](O)[C@H]2Cc2ccccc2)nc1. The second kappa shape index (κ2) is 6.22. The number of aromatic nitrogens is 2. The van der Waals surface area contributed by atoms with Gasteiger partial charge in [0, 0.05) is 18.9 Å². The summed E-state index contributed by atoms with van der Waals surface area (Å²) in [5.74, 6) is 0.727. The molecule has 0 spiro atoms. The molecule has 1 saturated heterocycles. The number of benzene rings is 1. The first-order valence-corrected chi connectivity index (χ1v) is 7.57. The molecule has 2 aromatic rings. The Morgan fingerprint density at radius 3 is 2.52 bits per heavy atom. The van der Waals surface area contributed by atoms with Gasteiger partial charge < -0.3 is 10.0 Å². The molecule has 1 aromatic heterocycles. The fraction of sp³-hybridized carbons (Fsp3) is 0.412. The smallest absolute Gasteiger partial charge is 0.225 e. The van der Waals surface area contributed by atoms with Crippen molar-refractivity contribution in [2.24, 2.45) is 0 Å². The summed E-state index contributed by atoms with van der Waals surface area (Å²) in [6.07, 6.45) is 5.98. The van der Waals surface area contributed by atoms with E-state index in [2.05, 4.69) is 33.9 Å². The molecule has 2 heterocycles. The van der Waals surface area contributed by atoms with Crippen LogP contribution < -0.4 is 4.90 Å². The monoisotopic (exact) mass is 283 g/mol. The van der Waals surface area contributed by atoms with E-state index in [9.17, 15) is 5.11 Å². The van der Waals surface area contributed by atoms with Gasteiger partial charge in [0.2, 0.25) is 5.95 Å². The van der Waals surface area contributed by atoms with Gasteiger partial charge in [0.15, 0.2) is 0 Å². The summed E-state index contributed by atoms with van der Waals surface area (Å²) >= 11 is 0. The van der Waals surface area contributed by atoms with Crippen molar-refractivity contribution in [2.45, 2.75) is 38.3 Å². The number of aliphatic hydroxyl groups excluding tert-OH is 1. The maximum absolute atomic E-state index is 10.3. The minimum absolute atomic E-state index is 0.0554. The highest BCUT2D eigenvalue weighted by Crippen LogP contribution is 2.25. The lowest BCUT2D eigenvalue weighted by Crippen LogP contribution is -2.38. The zero-order chi connectivity index (χ0) is 14.7. The molecular formula is C17H21N3O. The van der Waals surface area contributed by atoms with Gasteiger partial charge in [-0.2, -0.15) is 0 Å². The van der Waals surface area contributed by atoms with Crippen molar-refractivity contribution in [3.8, 4) is 0 Å². The van der Waals surface area contributed by atoms with Crippen molar-refractivity contribution in [1.82, 2.24) is 9.97 Å². The Balaban J connectivity index is 1.79. The summed E-state index contributed by atoms with van der Waals surface area (Å²) in [4.78, 5) is 11.1. The molecule has 1 fully saturated rings. The summed E-state index contributed by atoms with van der Waals surface area (Å²) in [5.41, 5.74) is 2.37. The van der Waals surface area contributed by atoms with Gasteiger partial charge in [-0.15, -0.1) is 0 Å². The second-order valence-corrected chi connectivity index (χ2v) is 5.55. The Morgan fingerprint density at radius 2 is 1.86 bits per heavy atom. The summed E-state index contributed by atoms with van der Waals surface area (Å²) in [6.45, 7) is 2.90. The Labute approximate surface area is 125 Å². The maximum Gasteiger partial charge on any atom is 0.225 e. The molecule has 0 aliphatic carbocycles. The molecule has 4 nitrogen and oxygen atoms in total. The molecule has 1 aromatic carbocycles. The fourth-order valence-electron chi connectivity index (χ4n) is 2.87. The van der Waals surface area contributed by atoms with E-state index in [1.165, 1.54) is 5.56 Å². The van der Waals surface area contributed by atoms with E-state index in [0.717, 1.165) is 37.3 Å². The highest BCUT2D eigenvalue weighted by atomic mass is 16.3. The van der Waals surface area contributed by atoms with Crippen LogP contribution in [-0.2, 0) is 12.8 Å². The van der Waals surface area contributed by atoms with Gasteiger partial charge in [-0.05, 0) is 30.4 Å². The van der Waals surface area contributed by atoms with Crippen molar-refractivity contribution < 1.29 is 5.11 Å². The van der Waals surface area contributed by atoms with E-state index in [0.29, 0.717) is 0 Å². The topological polar surface area (TPSA) is 49.2 Å². The summed E-state index contributed by atoms with van der Waals surface area (Å²) < 4.78 is 0. The lowest BCUT2D eigenvalue weighted by Gasteiger charge is -2.26. The van der Waals surface area contributed by atoms with E-state index in [1.54, 1.807) is 0 Å². The van der Waals surface area contributed by atoms with Crippen LogP contribution in [0.2, 0.25) is 0 Å². The molecule has 3 rings (SSSR count). The standard InChI is InChI=1S/C17H21N3O/c1-2-13-11-18-17(19-12-13)20-9-8-16(21)15(20)10-14-6-4-3-5-7-14/h3-7,11-12,15-16,21H,2,8-10H2,1H3/t15-,16-/m1/s1. The van der Waals surface area contributed by atoms with Gasteiger partial charge in [0.05, 0.1) is 12.1 Å². The number of aliphatic hydroxyl groups is 1. The first-order valence-electron chi connectivity index (χ1n) is 7.57. The Morgan fingerprint density at radius 1 is 1.14 bits per heavy atom. The number of nitrogens with zero attached hydrogens (tertiary/aromatic N) is 3. The Bertz CT molecular complexity index is 570. The summed E-state index contributed by atoms with van der Waals surface area (Å²) in [7, 11) is 0. The van der Waals surface area contributed by atoms with E-state index in [4.69, 9.17) is 0 Å². The highest BCUT2D eigenvalue weighted by molar-refractivity contribution is 5.36. The van der Waals surface area contributed by atoms with Crippen LogP contribution >= 0.6 is 0 Å². The normalized spacial score (nSPS) is 21.7. The van der Waals surface area contributed by atoms with Crippen LogP contribution in [0.5, 0.6) is 0 Å². The van der Waals surface area contributed by atoms with Crippen molar-refractivity contribution in [2.75, 3.05) is 11.4 Å². The van der Waals surface area contributed by atoms with E-state index in [-0.39, 0.29) is 12.1 Å². The predicted octanol–water partition coefficient (Wildman–Crippen LogP) is 2.22. The van der Waals surface area contributed by atoms with Crippen LogP contribution in [0.1, 0.15) is 24.5 Å². The van der Waals surface area contributed by atoms with Crippen LogP contribution in [0.25, 0.3) is 0 Å². The largest absolute Gasteiger partial charge is 0.391 e. The van der Waals surface area contributed by atoms with E-state index >= 15 is 0 Å². The molecule has 1 aliphatic heterocycles. The Kier molecular flexibility index (Phi) is 4.15. The maximum atomic E-state index is 10.3. The van der Waals surface area contributed by atoms with E-state index in [1.807, 2.05) is 30.6 Å². The van der Waals surface area contributed by atoms with Crippen LogP contribution in [0.15, 0.2) is 42.7 Å². The molecule has 0 bridgehead atoms. The average molecular weight is 283 g/mol. The number of hydrogen-bond donors (Lipinski definition) is 1. The molecule has 4 heteroatoms. The predicted molar refractivity (Wildman–Crippen MR) is 83.3 cm³/mol. The first kappa shape index (κ1) is 14.0. The van der Waals surface area contributed by atoms with Crippen LogP contribution in [0.4, 0.5) is 5.95 Å². The van der Waals surface area contributed by atoms with Crippen LogP contribution in [0.3, 0.4) is 0 Å². The average Bonchev–Trinajstić information content (AvgIpc) is 2.90. The van der Waals surface area contributed by atoms with Crippen molar-refractivity contribution >= 4 is 5.95 Å². The van der Waals surface area contributed by atoms with Crippen molar-refractivity contribution in [1.29, 1.82) is 0 Å². The number of aryl methyl sites for hydroxylation is 1. The third-order valence-electron chi connectivity index (χ3n) is 4.15. The highest BCUT2D eigenvalue weighted by Gasteiger charge is 2.34. The zero-order valence-electron chi connectivity index (χ0n) is 12.3. The van der Waals surface area contributed by atoms with Gasteiger partial charge in [-0.25, -0.2) is 9.97 Å².